The molecular weight excluding hydrogens is 316 g/mol. The summed E-state index contributed by atoms with van der Waals surface area (Å²) in [6, 6.07) is 3.01. The highest BCUT2D eigenvalue weighted by molar-refractivity contribution is 7.91. The van der Waals surface area contributed by atoms with Crippen LogP contribution in [0, 0.1) is 0 Å². The maximum atomic E-state index is 12.7. The monoisotopic (exact) mass is 336 g/mol. The molecule has 0 bridgehead atoms. The maximum absolute atomic E-state index is 12.7. The van der Waals surface area contributed by atoms with Crippen molar-refractivity contribution >= 4 is 38.6 Å². The number of nitrogens with zero attached hydrogens (tertiary/aromatic N) is 1. The minimum absolute atomic E-state index is 0.0922. The SMILES string of the molecule is CCC(CC)N(CCO)S(=O)(=O)c1ccc(C(N)=S)s1. The van der Waals surface area contributed by atoms with E-state index >= 15 is 0 Å². The Bertz CT molecular complexity index is 550. The van der Waals surface area contributed by atoms with Gasteiger partial charge in [-0.25, -0.2) is 8.42 Å². The summed E-state index contributed by atoms with van der Waals surface area (Å²) in [5, 5.41) is 9.14. The van der Waals surface area contributed by atoms with Crippen LogP contribution >= 0.6 is 23.6 Å². The van der Waals surface area contributed by atoms with Crippen molar-refractivity contribution in [3.8, 4) is 0 Å². The molecule has 0 saturated carbocycles. The summed E-state index contributed by atoms with van der Waals surface area (Å²) in [5.41, 5.74) is 5.51. The lowest BCUT2D eigenvalue weighted by atomic mass is 10.2. The average Bonchev–Trinajstić information content (AvgIpc) is 2.89. The van der Waals surface area contributed by atoms with E-state index in [2.05, 4.69) is 0 Å². The number of aliphatic hydroxyl groups excluding tert-OH is 1. The van der Waals surface area contributed by atoms with E-state index in [9.17, 15) is 8.42 Å². The van der Waals surface area contributed by atoms with Crippen LogP contribution in [0.5, 0.6) is 0 Å². The fourth-order valence-electron chi connectivity index (χ4n) is 2.00. The number of aliphatic hydroxyl groups is 1. The van der Waals surface area contributed by atoms with Gasteiger partial charge in [-0.05, 0) is 25.0 Å². The first-order chi connectivity index (χ1) is 9.38. The normalized spacial score (nSPS) is 12.2. The van der Waals surface area contributed by atoms with Crippen molar-refractivity contribution in [2.75, 3.05) is 13.2 Å². The van der Waals surface area contributed by atoms with Crippen molar-refractivity contribution in [2.45, 2.75) is 36.9 Å². The molecule has 3 N–H and O–H groups in total. The van der Waals surface area contributed by atoms with Crippen LogP contribution in [0.25, 0.3) is 0 Å². The molecule has 0 fully saturated rings. The molecule has 0 aliphatic carbocycles. The van der Waals surface area contributed by atoms with Gasteiger partial charge in [0, 0.05) is 12.6 Å². The van der Waals surface area contributed by atoms with Crippen LogP contribution in [-0.4, -0.2) is 42.0 Å². The highest BCUT2D eigenvalue weighted by atomic mass is 32.2. The van der Waals surface area contributed by atoms with Crippen molar-refractivity contribution in [1.82, 2.24) is 4.31 Å². The number of thiocarbonyl (C=S) groups is 1. The van der Waals surface area contributed by atoms with Crippen molar-refractivity contribution in [3.63, 3.8) is 0 Å². The summed E-state index contributed by atoms with van der Waals surface area (Å²) >= 11 is 5.92. The summed E-state index contributed by atoms with van der Waals surface area (Å²) in [6.45, 7) is 3.75. The first kappa shape index (κ1) is 17.5. The molecule has 1 aromatic heterocycles. The predicted molar refractivity (Wildman–Crippen MR) is 85.6 cm³/mol. The topological polar surface area (TPSA) is 83.6 Å². The Morgan fingerprint density at radius 1 is 1.45 bits per heavy atom. The lowest BCUT2D eigenvalue weighted by Crippen LogP contribution is -2.41. The second-order valence-corrected chi connectivity index (χ2v) is 7.93. The molecule has 8 heteroatoms. The standard InChI is InChI=1S/C12H20N2O3S3/c1-3-9(4-2)14(7-8-15)20(16,17)11-6-5-10(19-11)12(13)18/h5-6,9,15H,3-4,7-8H2,1-2H3,(H2,13,18). The summed E-state index contributed by atoms with van der Waals surface area (Å²) in [6.07, 6.45) is 1.40. The third kappa shape index (κ3) is 3.76. The fraction of sp³-hybridized carbons (Fsp3) is 0.583. The average molecular weight is 337 g/mol. The van der Waals surface area contributed by atoms with E-state index in [1.54, 1.807) is 6.07 Å². The highest BCUT2D eigenvalue weighted by Crippen LogP contribution is 2.27. The van der Waals surface area contributed by atoms with E-state index < -0.39 is 10.0 Å². The molecule has 0 spiro atoms. The second-order valence-electron chi connectivity index (χ2n) is 4.29. The van der Waals surface area contributed by atoms with E-state index in [1.165, 1.54) is 10.4 Å². The zero-order valence-electron chi connectivity index (χ0n) is 11.6. The number of nitrogens with two attached hydrogens (primary N) is 1. The lowest BCUT2D eigenvalue weighted by molar-refractivity contribution is 0.220. The first-order valence-electron chi connectivity index (χ1n) is 6.40. The van der Waals surface area contributed by atoms with Gasteiger partial charge in [0.1, 0.15) is 9.20 Å². The molecule has 0 aliphatic heterocycles. The van der Waals surface area contributed by atoms with Crippen LogP contribution in [0.15, 0.2) is 16.3 Å². The van der Waals surface area contributed by atoms with E-state index in [0.717, 1.165) is 11.3 Å². The van der Waals surface area contributed by atoms with Gasteiger partial charge in [-0.15, -0.1) is 11.3 Å². The predicted octanol–water partition coefficient (Wildman–Crippen LogP) is 1.55. The molecular formula is C12H20N2O3S3. The molecule has 1 aromatic rings. The number of sulfonamides is 1. The molecule has 0 saturated heterocycles. The first-order valence-corrected chi connectivity index (χ1v) is 9.07. The van der Waals surface area contributed by atoms with Gasteiger partial charge in [0.15, 0.2) is 0 Å². The smallest absolute Gasteiger partial charge is 0.252 e. The Balaban J connectivity index is 3.17. The van der Waals surface area contributed by atoms with Gasteiger partial charge in [-0.2, -0.15) is 4.31 Å². The third-order valence-electron chi connectivity index (χ3n) is 3.06. The lowest BCUT2D eigenvalue weighted by Gasteiger charge is -2.28. The van der Waals surface area contributed by atoms with Crippen LogP contribution in [0.3, 0.4) is 0 Å². The fourth-order valence-corrected chi connectivity index (χ4v) is 5.24. The van der Waals surface area contributed by atoms with Gasteiger partial charge in [-0.3, -0.25) is 0 Å². The zero-order chi connectivity index (χ0) is 15.3. The number of hydrogen-bond donors (Lipinski definition) is 2. The van der Waals surface area contributed by atoms with Crippen LogP contribution in [0.2, 0.25) is 0 Å². The minimum atomic E-state index is -3.62. The van der Waals surface area contributed by atoms with Gasteiger partial charge < -0.3 is 10.8 Å². The molecule has 114 valence electrons. The van der Waals surface area contributed by atoms with Crippen molar-refractivity contribution < 1.29 is 13.5 Å². The second kappa shape index (κ2) is 7.46. The summed E-state index contributed by atoms with van der Waals surface area (Å²) < 4.78 is 26.9. The largest absolute Gasteiger partial charge is 0.395 e. The third-order valence-corrected chi connectivity index (χ3v) is 6.94. The molecule has 0 aromatic carbocycles. The maximum Gasteiger partial charge on any atom is 0.252 e. The minimum Gasteiger partial charge on any atom is -0.395 e. The molecule has 1 heterocycles. The number of hydrogen-bond acceptors (Lipinski definition) is 5. The molecule has 5 nitrogen and oxygen atoms in total. The van der Waals surface area contributed by atoms with Gasteiger partial charge in [0.05, 0.1) is 11.5 Å². The summed E-state index contributed by atoms with van der Waals surface area (Å²) in [4.78, 5) is 0.764. The highest BCUT2D eigenvalue weighted by Gasteiger charge is 2.30. The number of thiophene rings is 1. The molecule has 20 heavy (non-hydrogen) atoms. The van der Waals surface area contributed by atoms with Gasteiger partial charge in [0.2, 0.25) is 0 Å². The van der Waals surface area contributed by atoms with E-state index in [4.69, 9.17) is 23.1 Å². The molecule has 0 aliphatic rings. The summed E-state index contributed by atoms with van der Waals surface area (Å²) in [7, 11) is -3.62. The summed E-state index contributed by atoms with van der Waals surface area (Å²) in [5.74, 6) is 0. The van der Waals surface area contributed by atoms with Crippen LogP contribution < -0.4 is 5.73 Å². The van der Waals surface area contributed by atoms with Crippen molar-refractivity contribution in [2.24, 2.45) is 5.73 Å². The Labute approximate surface area is 129 Å². The van der Waals surface area contributed by atoms with Crippen LogP contribution in [0.1, 0.15) is 31.6 Å². The number of rotatable bonds is 8. The Hall–Kier alpha value is -0.540. The van der Waals surface area contributed by atoms with E-state index in [1.807, 2.05) is 13.8 Å². The Morgan fingerprint density at radius 3 is 2.45 bits per heavy atom. The molecule has 0 unspecified atom stereocenters. The van der Waals surface area contributed by atoms with Gasteiger partial charge in [-0.1, -0.05) is 26.1 Å². The molecule has 0 radical (unpaired) electrons. The zero-order valence-corrected chi connectivity index (χ0v) is 14.0. The molecule has 0 amide bonds. The van der Waals surface area contributed by atoms with Crippen LogP contribution in [-0.2, 0) is 10.0 Å². The van der Waals surface area contributed by atoms with E-state index in [0.29, 0.717) is 17.7 Å². The van der Waals surface area contributed by atoms with Crippen molar-refractivity contribution in [3.05, 3.63) is 17.0 Å². The molecule has 0 atom stereocenters. The van der Waals surface area contributed by atoms with Gasteiger partial charge in [0.25, 0.3) is 10.0 Å². The van der Waals surface area contributed by atoms with Crippen molar-refractivity contribution in [1.29, 1.82) is 0 Å². The van der Waals surface area contributed by atoms with Crippen LogP contribution in [0.4, 0.5) is 0 Å². The quantitative estimate of drug-likeness (QED) is 0.704. The Kier molecular flexibility index (Phi) is 6.53. The van der Waals surface area contributed by atoms with Gasteiger partial charge >= 0.3 is 0 Å². The Morgan fingerprint density at radius 2 is 2.05 bits per heavy atom. The van der Waals surface area contributed by atoms with E-state index in [-0.39, 0.29) is 28.4 Å². The molecule has 1 rings (SSSR count).